The maximum Gasteiger partial charge on any atom is 0.270 e. The summed E-state index contributed by atoms with van der Waals surface area (Å²) in [6.45, 7) is 2.35. The van der Waals surface area contributed by atoms with Crippen LogP contribution in [0.3, 0.4) is 0 Å². The number of sulfonamides is 1. The zero-order valence-corrected chi connectivity index (χ0v) is 17.1. The Balaban J connectivity index is 1.86. The van der Waals surface area contributed by atoms with Crippen LogP contribution >= 0.6 is 23.4 Å². The lowest BCUT2D eigenvalue weighted by Crippen LogP contribution is -2.33. The molecule has 1 atom stereocenters. The molecule has 1 aliphatic rings. The first kappa shape index (κ1) is 20.1. The minimum absolute atomic E-state index is 0.00195. The van der Waals surface area contributed by atoms with Crippen molar-refractivity contribution in [1.82, 2.24) is 4.31 Å². The van der Waals surface area contributed by atoms with E-state index in [1.807, 2.05) is 24.3 Å². The van der Waals surface area contributed by atoms with Gasteiger partial charge in [-0.3, -0.25) is 10.1 Å². The molecule has 1 heterocycles. The lowest BCUT2D eigenvalue weighted by atomic mass is 10.1. The Hall–Kier alpha value is -1.61. The van der Waals surface area contributed by atoms with Crippen molar-refractivity contribution >= 4 is 39.1 Å². The van der Waals surface area contributed by atoms with Gasteiger partial charge in [-0.15, -0.1) is 0 Å². The van der Waals surface area contributed by atoms with Gasteiger partial charge < -0.3 is 0 Å². The van der Waals surface area contributed by atoms with Gasteiger partial charge in [0.05, 0.1) is 9.82 Å². The van der Waals surface area contributed by atoms with Crippen LogP contribution in [0, 0.1) is 17.0 Å². The number of benzene rings is 2. The summed E-state index contributed by atoms with van der Waals surface area (Å²) in [5, 5.41) is 11.8. The molecule has 0 bridgehead atoms. The predicted octanol–water partition coefficient (Wildman–Crippen LogP) is 4.43. The molecule has 0 saturated carbocycles. The molecule has 1 saturated heterocycles. The average molecular weight is 427 g/mol. The first-order chi connectivity index (χ1) is 12.8. The van der Waals surface area contributed by atoms with Crippen LogP contribution in [0.1, 0.15) is 22.8 Å². The monoisotopic (exact) mass is 426 g/mol. The van der Waals surface area contributed by atoms with E-state index in [0.717, 1.165) is 11.6 Å². The molecular weight excluding hydrogens is 408 g/mol. The molecule has 0 amide bonds. The molecular formula is C18H19ClN2O4S2. The van der Waals surface area contributed by atoms with Gasteiger partial charge in [0.2, 0.25) is 10.0 Å². The number of thioether (sulfide) groups is 1. The van der Waals surface area contributed by atoms with Gasteiger partial charge in [-0.05, 0) is 30.5 Å². The molecule has 0 N–H and O–H groups in total. The van der Waals surface area contributed by atoms with Crippen molar-refractivity contribution in [2.24, 2.45) is 0 Å². The Bertz CT molecular complexity index is 966. The van der Waals surface area contributed by atoms with Crippen LogP contribution in [-0.2, 0) is 10.0 Å². The fourth-order valence-corrected chi connectivity index (χ4v) is 6.51. The van der Waals surface area contributed by atoms with Crippen LogP contribution in [0.2, 0.25) is 5.02 Å². The van der Waals surface area contributed by atoms with Gasteiger partial charge in [-0.1, -0.05) is 35.9 Å². The van der Waals surface area contributed by atoms with Gasteiger partial charge in [-0.25, -0.2) is 8.42 Å². The normalized spacial score (nSPS) is 18.8. The van der Waals surface area contributed by atoms with E-state index in [-0.39, 0.29) is 15.8 Å². The number of nitrogens with zero attached hydrogens (tertiary/aromatic N) is 2. The van der Waals surface area contributed by atoms with Crippen molar-refractivity contribution in [3.8, 4) is 0 Å². The summed E-state index contributed by atoms with van der Waals surface area (Å²) in [6.07, 6.45) is 0.627. The number of non-ortho nitro benzene ring substituents is 1. The maximum absolute atomic E-state index is 13.1. The number of hydrogen-bond acceptors (Lipinski definition) is 5. The molecule has 1 unspecified atom stereocenters. The van der Waals surface area contributed by atoms with E-state index < -0.39 is 14.9 Å². The summed E-state index contributed by atoms with van der Waals surface area (Å²) in [4.78, 5) is 10.5. The van der Waals surface area contributed by atoms with Crippen LogP contribution in [0.15, 0.2) is 47.4 Å². The minimum atomic E-state index is -3.81. The van der Waals surface area contributed by atoms with Crippen LogP contribution in [0.25, 0.3) is 0 Å². The number of nitro groups is 1. The molecule has 0 spiro atoms. The highest BCUT2D eigenvalue weighted by molar-refractivity contribution is 7.99. The third-order valence-electron chi connectivity index (χ3n) is 4.55. The highest BCUT2D eigenvalue weighted by Gasteiger charge is 2.31. The molecule has 9 heteroatoms. The van der Waals surface area contributed by atoms with E-state index in [1.54, 1.807) is 18.7 Å². The second kappa shape index (κ2) is 8.18. The quantitative estimate of drug-likeness (QED) is 0.533. The maximum atomic E-state index is 13.1. The molecule has 27 heavy (non-hydrogen) atoms. The second-order valence-corrected chi connectivity index (χ2v) is 9.90. The molecule has 0 aliphatic carbocycles. The van der Waals surface area contributed by atoms with Crippen molar-refractivity contribution in [2.45, 2.75) is 23.5 Å². The lowest BCUT2D eigenvalue weighted by Gasteiger charge is -2.21. The van der Waals surface area contributed by atoms with Crippen molar-refractivity contribution in [3.05, 3.63) is 68.7 Å². The smallest absolute Gasteiger partial charge is 0.258 e. The Morgan fingerprint density at radius 1 is 1.22 bits per heavy atom. The summed E-state index contributed by atoms with van der Waals surface area (Å²) >= 11 is 7.97. The summed E-state index contributed by atoms with van der Waals surface area (Å²) in [7, 11) is -3.81. The van der Waals surface area contributed by atoms with Crippen molar-refractivity contribution < 1.29 is 13.3 Å². The first-order valence-corrected chi connectivity index (χ1v) is 11.3. The van der Waals surface area contributed by atoms with Gasteiger partial charge in [0.1, 0.15) is 0 Å². The topological polar surface area (TPSA) is 80.5 Å². The Morgan fingerprint density at radius 2 is 1.96 bits per heavy atom. The molecule has 2 aromatic carbocycles. The largest absolute Gasteiger partial charge is 0.270 e. The van der Waals surface area contributed by atoms with E-state index >= 15 is 0 Å². The molecule has 144 valence electrons. The summed E-state index contributed by atoms with van der Waals surface area (Å²) < 4.78 is 27.6. The number of aryl methyl sites for hydroxylation is 1. The van der Waals surface area contributed by atoms with Crippen LogP contribution in [-0.4, -0.2) is 36.5 Å². The molecule has 6 nitrogen and oxygen atoms in total. The highest BCUT2D eigenvalue weighted by atomic mass is 35.5. The number of hydrogen-bond donors (Lipinski definition) is 0. The Morgan fingerprint density at radius 3 is 2.67 bits per heavy atom. The highest BCUT2D eigenvalue weighted by Crippen LogP contribution is 2.39. The zero-order chi connectivity index (χ0) is 19.6. The third-order valence-corrected chi connectivity index (χ3v) is 8.25. The molecule has 1 fully saturated rings. The van der Waals surface area contributed by atoms with Gasteiger partial charge in [-0.2, -0.15) is 16.1 Å². The zero-order valence-electron chi connectivity index (χ0n) is 14.7. The second-order valence-electron chi connectivity index (χ2n) is 6.28. The van der Waals surface area contributed by atoms with Crippen LogP contribution in [0.4, 0.5) is 5.69 Å². The van der Waals surface area contributed by atoms with Crippen molar-refractivity contribution in [3.63, 3.8) is 0 Å². The van der Waals surface area contributed by atoms with Gasteiger partial charge in [0.15, 0.2) is 0 Å². The lowest BCUT2D eigenvalue weighted by molar-refractivity contribution is -0.385. The van der Waals surface area contributed by atoms with Crippen molar-refractivity contribution in [2.75, 3.05) is 18.8 Å². The fourth-order valence-electron chi connectivity index (χ4n) is 3.09. The van der Waals surface area contributed by atoms with E-state index in [0.29, 0.717) is 35.8 Å². The summed E-state index contributed by atoms with van der Waals surface area (Å²) in [6, 6.07) is 11.5. The molecule has 0 radical (unpaired) electrons. The predicted molar refractivity (Wildman–Crippen MR) is 108 cm³/mol. The molecule has 0 aromatic heterocycles. The van der Waals surface area contributed by atoms with E-state index in [4.69, 9.17) is 11.6 Å². The van der Waals surface area contributed by atoms with Gasteiger partial charge in [0, 0.05) is 41.2 Å². The van der Waals surface area contributed by atoms with Crippen molar-refractivity contribution in [1.29, 1.82) is 0 Å². The molecule has 1 aliphatic heterocycles. The number of halogens is 1. The van der Waals surface area contributed by atoms with E-state index in [9.17, 15) is 18.5 Å². The summed E-state index contributed by atoms with van der Waals surface area (Å²) in [5.74, 6) is 0.628. The number of nitro benzene ring substituents is 1. The molecule has 3 rings (SSSR count). The van der Waals surface area contributed by atoms with E-state index in [1.165, 1.54) is 16.4 Å². The average Bonchev–Trinajstić information content (AvgIpc) is 2.88. The third kappa shape index (κ3) is 4.29. The fraction of sp³-hybridized carbons (Fsp3) is 0.333. The summed E-state index contributed by atoms with van der Waals surface area (Å²) in [5.41, 5.74) is 1.28. The Kier molecular flexibility index (Phi) is 6.10. The van der Waals surface area contributed by atoms with Gasteiger partial charge in [0.25, 0.3) is 5.69 Å². The minimum Gasteiger partial charge on any atom is -0.258 e. The van der Waals surface area contributed by atoms with Crippen LogP contribution < -0.4 is 0 Å². The first-order valence-electron chi connectivity index (χ1n) is 8.42. The Labute approximate surface area is 167 Å². The SMILES string of the molecule is Cc1ccc([N+](=O)[O-])cc1S(=O)(=O)N1CCSC(c2ccccc2Cl)CC1. The number of rotatable bonds is 4. The van der Waals surface area contributed by atoms with Crippen LogP contribution in [0.5, 0.6) is 0 Å². The molecule has 2 aromatic rings. The van der Waals surface area contributed by atoms with E-state index in [2.05, 4.69) is 0 Å². The standard InChI is InChI=1S/C18H19ClN2O4S2/c1-13-6-7-14(21(22)23)12-18(13)27(24,25)20-9-8-17(26-11-10-20)15-4-2-3-5-16(15)19/h2-7,12,17H,8-11H2,1H3. The van der Waals surface area contributed by atoms with Gasteiger partial charge >= 0.3 is 0 Å².